The smallest absolute Gasteiger partial charge is 0.255 e. The summed E-state index contributed by atoms with van der Waals surface area (Å²) in [7, 11) is -3.67. The van der Waals surface area contributed by atoms with E-state index in [1.807, 2.05) is 62.4 Å². The number of amides is 2. The molecule has 0 saturated heterocycles. The summed E-state index contributed by atoms with van der Waals surface area (Å²) in [6.07, 6.45) is 1.43. The predicted octanol–water partition coefficient (Wildman–Crippen LogP) is 5.44. The number of hydrogen-bond donors (Lipinski definition) is 1. The summed E-state index contributed by atoms with van der Waals surface area (Å²) in [4.78, 5) is 28.4. The number of benzene rings is 3. The van der Waals surface area contributed by atoms with Crippen molar-refractivity contribution < 1.29 is 18.0 Å². The molecule has 3 aromatic rings. The van der Waals surface area contributed by atoms with Crippen molar-refractivity contribution in [2.45, 2.75) is 37.6 Å². The van der Waals surface area contributed by atoms with Crippen LogP contribution in [0.2, 0.25) is 0 Å². The Morgan fingerprint density at radius 3 is 2.27 bits per heavy atom. The molecule has 37 heavy (non-hydrogen) atoms. The molecule has 0 saturated carbocycles. The van der Waals surface area contributed by atoms with Crippen molar-refractivity contribution in [3.05, 3.63) is 94.0 Å². The zero-order valence-electron chi connectivity index (χ0n) is 20.9. The molecule has 1 heterocycles. The van der Waals surface area contributed by atoms with E-state index in [-0.39, 0.29) is 23.3 Å². The highest BCUT2D eigenvalue weighted by atomic mass is 79.9. The molecule has 0 aliphatic carbocycles. The van der Waals surface area contributed by atoms with Crippen molar-refractivity contribution in [1.82, 2.24) is 9.21 Å². The Kier molecular flexibility index (Phi) is 8.46. The predicted molar refractivity (Wildman–Crippen MR) is 148 cm³/mol. The molecule has 0 spiro atoms. The zero-order chi connectivity index (χ0) is 26.6. The van der Waals surface area contributed by atoms with Crippen LogP contribution in [0.4, 0.5) is 5.69 Å². The average molecular weight is 585 g/mol. The molecule has 4 rings (SSSR count). The first-order valence-corrected chi connectivity index (χ1v) is 14.5. The van der Waals surface area contributed by atoms with Gasteiger partial charge in [0.15, 0.2) is 0 Å². The third kappa shape index (κ3) is 5.79. The fourth-order valence-electron chi connectivity index (χ4n) is 4.60. The van der Waals surface area contributed by atoms with Crippen LogP contribution in [0.5, 0.6) is 0 Å². The fourth-order valence-corrected chi connectivity index (χ4v) is 6.60. The van der Waals surface area contributed by atoms with E-state index in [9.17, 15) is 18.0 Å². The van der Waals surface area contributed by atoms with Crippen molar-refractivity contribution in [3.8, 4) is 0 Å². The van der Waals surface area contributed by atoms with Gasteiger partial charge in [0.05, 0.1) is 10.9 Å². The lowest BCUT2D eigenvalue weighted by molar-refractivity contribution is -0.117. The van der Waals surface area contributed by atoms with Crippen molar-refractivity contribution >= 4 is 43.5 Å². The molecule has 1 atom stereocenters. The van der Waals surface area contributed by atoms with E-state index in [1.165, 1.54) is 33.5 Å². The Labute approximate surface area is 226 Å². The largest absolute Gasteiger partial charge is 0.324 e. The van der Waals surface area contributed by atoms with Gasteiger partial charge < -0.3 is 10.2 Å². The third-order valence-electron chi connectivity index (χ3n) is 6.27. The first-order valence-electron chi connectivity index (χ1n) is 12.3. The van der Waals surface area contributed by atoms with E-state index in [0.717, 1.165) is 15.6 Å². The zero-order valence-corrected chi connectivity index (χ0v) is 23.3. The van der Waals surface area contributed by atoms with Gasteiger partial charge in [-0.25, -0.2) is 8.42 Å². The van der Waals surface area contributed by atoms with Crippen molar-refractivity contribution in [2.75, 3.05) is 25.0 Å². The molecular formula is C28H30BrN3O4S. The SMILES string of the molecule is CCCN(CCC)S(=O)(=O)c1ccc(C(=O)N2CC(=O)Nc3ccc(Br)cc3[C@H]2c2ccccc2)cc1. The highest BCUT2D eigenvalue weighted by molar-refractivity contribution is 9.10. The molecule has 9 heteroatoms. The van der Waals surface area contributed by atoms with E-state index < -0.39 is 16.1 Å². The van der Waals surface area contributed by atoms with Crippen LogP contribution in [0, 0.1) is 0 Å². The van der Waals surface area contributed by atoms with Crippen LogP contribution in [-0.2, 0) is 14.8 Å². The third-order valence-corrected chi connectivity index (χ3v) is 8.68. The van der Waals surface area contributed by atoms with Crippen LogP contribution >= 0.6 is 15.9 Å². The standard InChI is InChI=1S/C28H30BrN3O4S/c1-3-16-31(17-4-2)37(35,36)23-13-10-21(11-14-23)28(34)32-19-26(33)30-25-15-12-22(29)18-24(25)27(32)20-8-6-5-7-9-20/h5-15,18,27H,3-4,16-17,19H2,1-2H3,(H,30,33)/t27-/m1/s1. The number of carbonyl (C=O) groups excluding carboxylic acids is 2. The van der Waals surface area contributed by atoms with E-state index in [0.29, 0.717) is 37.2 Å². The van der Waals surface area contributed by atoms with Gasteiger partial charge in [0.25, 0.3) is 5.91 Å². The number of fused-ring (bicyclic) bond motifs is 1. The molecule has 1 N–H and O–H groups in total. The summed E-state index contributed by atoms with van der Waals surface area (Å²) in [6, 6.07) is 20.6. The molecule has 7 nitrogen and oxygen atoms in total. The maximum absolute atomic E-state index is 13.9. The number of carbonyl (C=O) groups is 2. The summed E-state index contributed by atoms with van der Waals surface area (Å²) < 4.78 is 28.6. The minimum atomic E-state index is -3.67. The van der Waals surface area contributed by atoms with Gasteiger partial charge in [0, 0.05) is 34.4 Å². The van der Waals surface area contributed by atoms with Crippen LogP contribution in [0.1, 0.15) is 54.2 Å². The molecule has 1 aliphatic rings. The Balaban J connectivity index is 1.73. The van der Waals surface area contributed by atoms with Crippen LogP contribution in [0.15, 0.2) is 82.2 Å². The molecule has 3 aromatic carbocycles. The summed E-state index contributed by atoms with van der Waals surface area (Å²) in [5.41, 5.74) is 2.60. The Bertz CT molecular complexity index is 1370. The number of halogens is 1. The van der Waals surface area contributed by atoms with Gasteiger partial charge in [-0.2, -0.15) is 4.31 Å². The number of sulfonamides is 1. The molecule has 0 radical (unpaired) electrons. The second-order valence-corrected chi connectivity index (χ2v) is 11.8. The fraction of sp³-hybridized carbons (Fsp3) is 0.286. The second-order valence-electron chi connectivity index (χ2n) is 8.95. The molecule has 0 bridgehead atoms. The van der Waals surface area contributed by atoms with Gasteiger partial charge >= 0.3 is 0 Å². The number of nitrogens with zero attached hydrogens (tertiary/aromatic N) is 2. The topological polar surface area (TPSA) is 86.8 Å². The van der Waals surface area contributed by atoms with Gasteiger partial charge in [-0.3, -0.25) is 9.59 Å². The normalized spacial score (nSPS) is 15.7. The van der Waals surface area contributed by atoms with Gasteiger partial charge in [-0.15, -0.1) is 0 Å². The average Bonchev–Trinajstić information content (AvgIpc) is 3.04. The molecule has 1 aliphatic heterocycles. The monoisotopic (exact) mass is 583 g/mol. The minimum Gasteiger partial charge on any atom is -0.324 e. The Hall–Kier alpha value is -3.01. The number of rotatable bonds is 8. The van der Waals surface area contributed by atoms with Gasteiger partial charge in [-0.05, 0) is 60.9 Å². The lowest BCUT2D eigenvalue weighted by Gasteiger charge is -2.31. The lowest BCUT2D eigenvalue weighted by atomic mass is 9.95. The van der Waals surface area contributed by atoms with Gasteiger partial charge in [0.2, 0.25) is 15.9 Å². The van der Waals surface area contributed by atoms with Crippen LogP contribution in [0.3, 0.4) is 0 Å². The first kappa shape index (κ1) is 27.0. The summed E-state index contributed by atoms with van der Waals surface area (Å²) in [5, 5.41) is 2.91. The van der Waals surface area contributed by atoms with E-state index in [2.05, 4.69) is 21.2 Å². The number of hydrogen-bond acceptors (Lipinski definition) is 4. The minimum absolute atomic E-state index is 0.147. The molecular weight excluding hydrogens is 554 g/mol. The van der Waals surface area contributed by atoms with Gasteiger partial charge in [-0.1, -0.05) is 60.1 Å². The summed E-state index contributed by atoms with van der Waals surface area (Å²) in [5.74, 6) is -0.663. The van der Waals surface area contributed by atoms with Crippen molar-refractivity contribution in [3.63, 3.8) is 0 Å². The Morgan fingerprint density at radius 2 is 1.65 bits per heavy atom. The maximum atomic E-state index is 13.9. The highest BCUT2D eigenvalue weighted by Gasteiger charge is 2.34. The quantitative estimate of drug-likeness (QED) is 0.382. The highest BCUT2D eigenvalue weighted by Crippen LogP contribution is 2.38. The summed E-state index contributed by atoms with van der Waals surface area (Å²) >= 11 is 3.52. The van der Waals surface area contributed by atoms with Crippen LogP contribution < -0.4 is 5.32 Å². The maximum Gasteiger partial charge on any atom is 0.255 e. The van der Waals surface area contributed by atoms with Crippen molar-refractivity contribution in [1.29, 1.82) is 0 Å². The summed E-state index contributed by atoms with van der Waals surface area (Å²) in [6.45, 7) is 4.61. The number of nitrogens with one attached hydrogen (secondary N) is 1. The van der Waals surface area contributed by atoms with Crippen LogP contribution in [0.25, 0.3) is 0 Å². The number of anilines is 1. The molecule has 0 unspecified atom stereocenters. The molecule has 2 amide bonds. The molecule has 194 valence electrons. The Morgan fingerprint density at radius 1 is 1.00 bits per heavy atom. The van der Waals surface area contributed by atoms with E-state index in [1.54, 1.807) is 0 Å². The van der Waals surface area contributed by atoms with E-state index in [4.69, 9.17) is 0 Å². The van der Waals surface area contributed by atoms with Crippen molar-refractivity contribution in [2.24, 2.45) is 0 Å². The van der Waals surface area contributed by atoms with Gasteiger partial charge in [0.1, 0.15) is 6.54 Å². The molecule has 0 fully saturated rings. The van der Waals surface area contributed by atoms with E-state index >= 15 is 0 Å². The lowest BCUT2D eigenvalue weighted by Crippen LogP contribution is -2.39. The first-order chi connectivity index (χ1) is 17.8. The van der Waals surface area contributed by atoms with Crippen LogP contribution in [-0.4, -0.2) is 49.1 Å². The molecule has 0 aromatic heterocycles. The second kappa shape index (κ2) is 11.6.